The second kappa shape index (κ2) is 13.7. The maximum Gasteiger partial charge on any atom is 0.267 e. The van der Waals surface area contributed by atoms with Crippen LogP contribution in [0.1, 0.15) is 40.9 Å². The normalized spacial score (nSPS) is 13.4. The number of carbonyl (C=O) groups excluding carboxylic acids is 1. The van der Waals surface area contributed by atoms with Crippen LogP contribution < -0.4 is 15.7 Å². The average Bonchev–Trinajstić information content (AvgIpc) is 3.07. The molecule has 0 aliphatic carbocycles. The summed E-state index contributed by atoms with van der Waals surface area (Å²) in [4.78, 5) is 26.3. The number of benzene rings is 2. The lowest BCUT2D eigenvalue weighted by Crippen LogP contribution is -2.43. The Balaban J connectivity index is 1.36. The fourth-order valence-corrected chi connectivity index (χ4v) is 5.19. The smallest absolute Gasteiger partial charge is 0.267 e. The van der Waals surface area contributed by atoms with Gasteiger partial charge in [0, 0.05) is 67.0 Å². The molecule has 3 heterocycles. The summed E-state index contributed by atoms with van der Waals surface area (Å²) in [6.45, 7) is 3.57. The van der Waals surface area contributed by atoms with Crippen molar-refractivity contribution in [2.24, 2.45) is 0 Å². The van der Waals surface area contributed by atoms with Gasteiger partial charge in [-0.15, -0.1) is 0 Å². The first kappa shape index (κ1) is 30.8. The molecule has 45 heavy (non-hydrogen) atoms. The van der Waals surface area contributed by atoms with E-state index < -0.39 is 11.7 Å². The standard InChI is InChI=1S/C33H29FN8O3/c1-20-2-3-22(13-29(20)43)27-19-40-33(26(15-36)32(27)23-4-5-24(14-35)28(34)12-23)42-10-8-25(9-11-42)37-16-21-17-38-30(39-18-21)6-7-31(44)41-45/h2-7,12-13,17-19,25,37,43,45H,8-11,16H2,1H3,(H,41,44)/b7-6+. The molecule has 226 valence electrons. The van der Waals surface area contributed by atoms with Gasteiger partial charge in [-0.05, 0) is 60.7 Å². The van der Waals surface area contributed by atoms with Gasteiger partial charge in [-0.1, -0.05) is 18.2 Å². The number of nitriles is 2. The molecule has 0 saturated carbocycles. The van der Waals surface area contributed by atoms with Crippen LogP contribution in [0.5, 0.6) is 5.75 Å². The van der Waals surface area contributed by atoms with Crippen molar-refractivity contribution >= 4 is 17.8 Å². The molecule has 5 rings (SSSR count). The molecule has 0 spiro atoms. The van der Waals surface area contributed by atoms with E-state index in [1.165, 1.54) is 23.7 Å². The molecule has 1 amide bonds. The summed E-state index contributed by atoms with van der Waals surface area (Å²) in [7, 11) is 0. The molecule has 0 atom stereocenters. The Morgan fingerprint density at radius 1 is 1.07 bits per heavy atom. The van der Waals surface area contributed by atoms with Crippen LogP contribution in [0.15, 0.2) is 61.1 Å². The minimum absolute atomic E-state index is 0.0908. The van der Waals surface area contributed by atoms with Crippen LogP contribution in [0.4, 0.5) is 10.2 Å². The van der Waals surface area contributed by atoms with E-state index in [2.05, 4.69) is 21.4 Å². The van der Waals surface area contributed by atoms with Gasteiger partial charge in [-0.3, -0.25) is 10.0 Å². The molecular formula is C33H29FN8O3. The van der Waals surface area contributed by atoms with Gasteiger partial charge in [-0.2, -0.15) is 10.5 Å². The number of piperidine rings is 1. The summed E-state index contributed by atoms with van der Waals surface area (Å²) in [6.07, 6.45) is 9.04. The highest BCUT2D eigenvalue weighted by molar-refractivity contribution is 5.91. The van der Waals surface area contributed by atoms with E-state index in [4.69, 9.17) is 10.2 Å². The Kier molecular flexibility index (Phi) is 9.39. The van der Waals surface area contributed by atoms with E-state index in [9.17, 15) is 24.8 Å². The van der Waals surface area contributed by atoms with E-state index in [1.807, 2.05) is 17.0 Å². The van der Waals surface area contributed by atoms with Gasteiger partial charge in [0.25, 0.3) is 5.91 Å². The zero-order valence-electron chi connectivity index (χ0n) is 24.3. The van der Waals surface area contributed by atoms with E-state index in [0.717, 1.165) is 24.5 Å². The van der Waals surface area contributed by atoms with Crippen molar-refractivity contribution in [3.05, 3.63) is 95.0 Å². The zero-order chi connectivity index (χ0) is 31.9. The Hall–Kier alpha value is -5.69. The first-order chi connectivity index (χ1) is 21.8. The third kappa shape index (κ3) is 6.94. The molecule has 12 heteroatoms. The monoisotopic (exact) mass is 604 g/mol. The largest absolute Gasteiger partial charge is 0.508 e. The summed E-state index contributed by atoms with van der Waals surface area (Å²) in [5.41, 5.74) is 5.35. The lowest BCUT2D eigenvalue weighted by atomic mass is 9.91. The quantitative estimate of drug-likeness (QED) is 0.129. The van der Waals surface area contributed by atoms with Crippen LogP contribution >= 0.6 is 0 Å². The van der Waals surface area contributed by atoms with Gasteiger partial charge >= 0.3 is 0 Å². The van der Waals surface area contributed by atoms with Gasteiger partial charge in [0.15, 0.2) is 5.82 Å². The second-order valence-corrected chi connectivity index (χ2v) is 10.6. The molecule has 2 aromatic heterocycles. The lowest BCUT2D eigenvalue weighted by molar-refractivity contribution is -0.124. The number of rotatable bonds is 8. The number of aromatic nitrogens is 3. The maximum atomic E-state index is 14.8. The topological polar surface area (TPSA) is 171 Å². The first-order valence-corrected chi connectivity index (χ1v) is 14.2. The van der Waals surface area contributed by atoms with Gasteiger partial charge in [-0.25, -0.2) is 24.8 Å². The van der Waals surface area contributed by atoms with E-state index >= 15 is 0 Å². The number of aromatic hydroxyl groups is 1. The van der Waals surface area contributed by atoms with Gasteiger partial charge in [0.1, 0.15) is 35.1 Å². The van der Waals surface area contributed by atoms with Gasteiger partial charge < -0.3 is 15.3 Å². The highest BCUT2D eigenvalue weighted by atomic mass is 19.1. The van der Waals surface area contributed by atoms with Crippen LogP contribution in [-0.2, 0) is 11.3 Å². The molecule has 1 aliphatic rings. The van der Waals surface area contributed by atoms with Crippen LogP contribution in [-0.4, -0.2) is 50.3 Å². The number of pyridine rings is 1. The van der Waals surface area contributed by atoms with E-state index in [-0.39, 0.29) is 22.9 Å². The minimum Gasteiger partial charge on any atom is -0.508 e. The molecule has 2 aromatic carbocycles. The lowest BCUT2D eigenvalue weighted by Gasteiger charge is -2.34. The SMILES string of the molecule is Cc1ccc(-c2cnc(N3CCC(NCc4cnc(/C=C/C(=O)NO)nc4)CC3)c(C#N)c2-c2ccc(C#N)c(F)c2)cc1O. The Bertz CT molecular complexity index is 1840. The molecule has 11 nitrogen and oxygen atoms in total. The Morgan fingerprint density at radius 2 is 1.80 bits per heavy atom. The third-order valence-electron chi connectivity index (χ3n) is 7.68. The summed E-state index contributed by atoms with van der Waals surface area (Å²) in [5, 5.41) is 42.1. The van der Waals surface area contributed by atoms with Crippen molar-refractivity contribution in [1.82, 2.24) is 25.7 Å². The molecule has 1 saturated heterocycles. The van der Waals surface area contributed by atoms with Gasteiger partial charge in [0.05, 0.1) is 5.56 Å². The number of carbonyl (C=O) groups is 1. The number of anilines is 1. The molecule has 1 aliphatic heterocycles. The average molecular weight is 605 g/mol. The molecule has 1 fully saturated rings. The van der Waals surface area contributed by atoms with Crippen molar-refractivity contribution in [2.75, 3.05) is 18.0 Å². The maximum absolute atomic E-state index is 14.8. The van der Waals surface area contributed by atoms with Crippen molar-refractivity contribution < 1.29 is 19.5 Å². The Morgan fingerprint density at radius 3 is 2.44 bits per heavy atom. The van der Waals surface area contributed by atoms with E-state index in [0.29, 0.717) is 59.1 Å². The third-order valence-corrected chi connectivity index (χ3v) is 7.68. The molecule has 4 aromatic rings. The van der Waals surface area contributed by atoms with Crippen LogP contribution in [0.2, 0.25) is 0 Å². The van der Waals surface area contributed by atoms with Crippen LogP contribution in [0.25, 0.3) is 28.3 Å². The number of hydrogen-bond donors (Lipinski definition) is 4. The van der Waals surface area contributed by atoms with Crippen LogP contribution in [0, 0.1) is 35.4 Å². The summed E-state index contributed by atoms with van der Waals surface area (Å²) in [5.74, 6) is -0.442. The highest BCUT2D eigenvalue weighted by Crippen LogP contribution is 2.40. The number of nitrogens with zero attached hydrogens (tertiary/aromatic N) is 6. The number of halogens is 1. The van der Waals surface area contributed by atoms with Gasteiger partial charge in [0.2, 0.25) is 0 Å². The number of phenols is 1. The van der Waals surface area contributed by atoms with Crippen molar-refractivity contribution in [2.45, 2.75) is 32.4 Å². The first-order valence-electron chi connectivity index (χ1n) is 14.2. The fourth-order valence-electron chi connectivity index (χ4n) is 5.19. The molecule has 4 N–H and O–H groups in total. The summed E-state index contributed by atoms with van der Waals surface area (Å²) >= 11 is 0. The molecule has 0 unspecified atom stereocenters. The number of aryl methyl sites for hydroxylation is 1. The summed E-state index contributed by atoms with van der Waals surface area (Å²) < 4.78 is 14.8. The zero-order valence-corrected chi connectivity index (χ0v) is 24.3. The molecule has 0 radical (unpaired) electrons. The number of amides is 1. The molecule has 0 bridgehead atoms. The predicted octanol–water partition coefficient (Wildman–Crippen LogP) is 4.38. The number of hydrogen-bond acceptors (Lipinski definition) is 10. The molecular weight excluding hydrogens is 575 g/mol. The fraction of sp³-hybridized carbons (Fsp3) is 0.212. The summed E-state index contributed by atoms with van der Waals surface area (Å²) in [6, 6.07) is 13.8. The minimum atomic E-state index is -0.688. The van der Waals surface area contributed by atoms with Crippen molar-refractivity contribution in [3.63, 3.8) is 0 Å². The number of phenolic OH excluding ortho intramolecular Hbond substituents is 1. The number of nitrogens with one attached hydrogen (secondary N) is 2. The second-order valence-electron chi connectivity index (χ2n) is 10.6. The van der Waals surface area contributed by atoms with Crippen LogP contribution in [0.3, 0.4) is 0 Å². The highest BCUT2D eigenvalue weighted by Gasteiger charge is 2.26. The van der Waals surface area contributed by atoms with E-state index in [1.54, 1.807) is 43.7 Å². The van der Waals surface area contributed by atoms with Crippen molar-refractivity contribution in [1.29, 1.82) is 10.5 Å². The number of hydroxylamine groups is 1. The predicted molar refractivity (Wildman–Crippen MR) is 164 cm³/mol. The van der Waals surface area contributed by atoms with Crippen molar-refractivity contribution in [3.8, 4) is 40.1 Å². The Labute approximate surface area is 258 Å².